The van der Waals surface area contributed by atoms with E-state index >= 15 is 0 Å². The predicted molar refractivity (Wildman–Crippen MR) is 113 cm³/mol. The molecule has 148 valence electrons. The number of thiophene rings is 2. The van der Waals surface area contributed by atoms with Gasteiger partial charge >= 0.3 is 11.8 Å². The lowest BCUT2D eigenvalue weighted by molar-refractivity contribution is -0.136. The van der Waals surface area contributed by atoms with Crippen molar-refractivity contribution in [3.05, 3.63) is 68.5 Å². The van der Waals surface area contributed by atoms with Crippen molar-refractivity contribution in [3.8, 4) is 0 Å². The third-order valence-electron chi connectivity index (χ3n) is 3.70. The van der Waals surface area contributed by atoms with Crippen molar-refractivity contribution >= 4 is 57.6 Å². The molecule has 3 N–H and O–H groups in total. The maximum absolute atomic E-state index is 12.3. The lowest BCUT2D eigenvalue weighted by Gasteiger charge is -2.08. The summed E-state index contributed by atoms with van der Waals surface area (Å²) in [6, 6.07) is 13.5. The van der Waals surface area contributed by atoms with Crippen molar-refractivity contribution in [3.63, 3.8) is 0 Å². The van der Waals surface area contributed by atoms with E-state index in [4.69, 9.17) is 0 Å². The molecule has 0 aliphatic carbocycles. The fourth-order valence-electron chi connectivity index (χ4n) is 2.44. The highest BCUT2D eigenvalue weighted by atomic mass is 32.1. The number of anilines is 2. The number of carbonyl (C=O) groups is 4. The zero-order valence-electron chi connectivity index (χ0n) is 15.4. The zero-order valence-corrected chi connectivity index (χ0v) is 17.0. The molecule has 3 rings (SSSR count). The number of rotatable bonds is 6. The van der Waals surface area contributed by atoms with Gasteiger partial charge in [0.05, 0.1) is 16.3 Å². The highest BCUT2D eigenvalue weighted by molar-refractivity contribution is 7.16. The van der Waals surface area contributed by atoms with Crippen LogP contribution in [0.4, 0.5) is 11.4 Å². The molecule has 0 saturated heterocycles. The van der Waals surface area contributed by atoms with Gasteiger partial charge in [-0.15, -0.1) is 22.7 Å². The lowest BCUT2D eigenvalue weighted by Crippen LogP contribution is -2.34. The fourth-order valence-corrected chi connectivity index (χ4v) is 4.08. The minimum Gasteiger partial charge on any atom is -0.343 e. The summed E-state index contributed by atoms with van der Waals surface area (Å²) >= 11 is 2.65. The van der Waals surface area contributed by atoms with E-state index in [1.54, 1.807) is 42.5 Å². The molecule has 2 aromatic heterocycles. The van der Waals surface area contributed by atoms with Crippen LogP contribution in [0.1, 0.15) is 26.3 Å². The second-order valence-corrected chi connectivity index (χ2v) is 8.09. The third-order valence-corrected chi connectivity index (χ3v) is 5.65. The van der Waals surface area contributed by atoms with Crippen molar-refractivity contribution in [1.82, 2.24) is 5.32 Å². The van der Waals surface area contributed by atoms with Crippen molar-refractivity contribution in [2.24, 2.45) is 0 Å². The molecular weight excluding hydrogens is 410 g/mol. The van der Waals surface area contributed by atoms with E-state index in [1.165, 1.54) is 29.6 Å². The van der Waals surface area contributed by atoms with Gasteiger partial charge < -0.3 is 16.0 Å². The Labute approximate surface area is 174 Å². The quantitative estimate of drug-likeness (QED) is 0.415. The van der Waals surface area contributed by atoms with E-state index in [0.29, 0.717) is 21.1 Å². The minimum absolute atomic E-state index is 0.0561. The van der Waals surface area contributed by atoms with Crippen LogP contribution in [0.2, 0.25) is 0 Å². The van der Waals surface area contributed by atoms with Gasteiger partial charge in [-0.3, -0.25) is 19.2 Å². The number of ketones is 1. The Balaban J connectivity index is 1.54. The van der Waals surface area contributed by atoms with Crippen LogP contribution >= 0.6 is 22.7 Å². The molecule has 0 atom stereocenters. The Hall–Kier alpha value is -3.30. The van der Waals surface area contributed by atoms with E-state index in [-0.39, 0.29) is 18.2 Å². The van der Waals surface area contributed by atoms with Crippen LogP contribution in [0, 0.1) is 0 Å². The molecule has 3 aromatic rings. The highest BCUT2D eigenvalue weighted by Gasteiger charge is 2.16. The van der Waals surface area contributed by atoms with E-state index in [9.17, 15) is 19.2 Å². The first-order valence-corrected chi connectivity index (χ1v) is 10.3. The van der Waals surface area contributed by atoms with Crippen LogP contribution in [-0.4, -0.2) is 23.5 Å². The fraction of sp³-hybridized carbons (Fsp3) is 0.100. The van der Waals surface area contributed by atoms with Crippen LogP contribution in [-0.2, 0) is 20.9 Å². The molecular formula is C20H17N3O4S2. The minimum atomic E-state index is -0.823. The molecule has 0 radical (unpaired) electrons. The number of nitrogens with one attached hydrogen (secondary N) is 3. The van der Waals surface area contributed by atoms with Crippen molar-refractivity contribution in [2.45, 2.75) is 13.5 Å². The molecule has 3 amide bonds. The summed E-state index contributed by atoms with van der Waals surface area (Å²) in [6.45, 7) is 1.52. The summed E-state index contributed by atoms with van der Waals surface area (Å²) in [6.07, 6.45) is 0. The van der Waals surface area contributed by atoms with Gasteiger partial charge in [-0.1, -0.05) is 12.1 Å². The molecule has 29 heavy (non-hydrogen) atoms. The number of hydrogen-bond donors (Lipinski definition) is 3. The molecule has 9 heteroatoms. The van der Waals surface area contributed by atoms with Crippen molar-refractivity contribution in [2.75, 3.05) is 10.6 Å². The van der Waals surface area contributed by atoms with E-state index in [0.717, 1.165) is 4.88 Å². The first-order chi connectivity index (χ1) is 13.9. The van der Waals surface area contributed by atoms with Crippen LogP contribution in [0.25, 0.3) is 0 Å². The van der Waals surface area contributed by atoms with Crippen LogP contribution in [0.5, 0.6) is 0 Å². The second-order valence-electron chi connectivity index (χ2n) is 5.97. The summed E-state index contributed by atoms with van der Waals surface area (Å²) < 4.78 is 0. The molecule has 0 aliphatic rings. The SMILES string of the molecule is CC(=O)Nc1cccc(NC(=O)C(=O)NCc2ccc(C(=O)c3cccs3)s2)c1. The first-order valence-electron chi connectivity index (χ1n) is 8.56. The molecule has 0 fully saturated rings. The number of hydrogen-bond acceptors (Lipinski definition) is 6. The van der Waals surface area contributed by atoms with E-state index in [2.05, 4.69) is 16.0 Å². The van der Waals surface area contributed by atoms with Crippen LogP contribution < -0.4 is 16.0 Å². The second kappa shape index (κ2) is 9.26. The smallest absolute Gasteiger partial charge is 0.313 e. The van der Waals surface area contributed by atoms with E-state index < -0.39 is 11.8 Å². The summed E-state index contributed by atoms with van der Waals surface area (Å²) in [5.74, 6) is -1.91. The predicted octanol–water partition coefficient (Wildman–Crippen LogP) is 3.25. The Morgan fingerprint density at radius 2 is 1.62 bits per heavy atom. The molecule has 7 nitrogen and oxygen atoms in total. The Morgan fingerprint density at radius 3 is 2.31 bits per heavy atom. The third kappa shape index (κ3) is 5.59. The standard InChI is InChI=1S/C20H17N3O4S2/c1-12(24)22-13-4-2-5-14(10-13)23-20(27)19(26)21-11-15-7-8-17(29-15)18(25)16-6-3-9-28-16/h2-10H,11H2,1H3,(H,21,26)(H,22,24)(H,23,27). The molecule has 1 aromatic carbocycles. The molecule has 0 bridgehead atoms. The van der Waals surface area contributed by atoms with Gasteiger partial charge in [0, 0.05) is 23.2 Å². The molecule has 0 unspecified atom stereocenters. The van der Waals surface area contributed by atoms with E-state index in [1.807, 2.05) is 11.4 Å². The normalized spacial score (nSPS) is 10.2. The summed E-state index contributed by atoms with van der Waals surface area (Å²) in [7, 11) is 0. The average molecular weight is 428 g/mol. The van der Waals surface area contributed by atoms with Crippen LogP contribution in [0.15, 0.2) is 53.9 Å². The van der Waals surface area contributed by atoms with Crippen LogP contribution in [0.3, 0.4) is 0 Å². The first kappa shape index (κ1) is 20.4. The largest absolute Gasteiger partial charge is 0.343 e. The molecule has 0 aliphatic heterocycles. The van der Waals surface area contributed by atoms with Gasteiger partial charge in [-0.05, 0) is 41.8 Å². The summed E-state index contributed by atoms with van der Waals surface area (Å²) in [5, 5.41) is 9.46. The average Bonchev–Trinajstić information content (AvgIpc) is 3.37. The number of benzene rings is 1. The zero-order chi connectivity index (χ0) is 20.8. The van der Waals surface area contributed by atoms with Gasteiger partial charge in [0.2, 0.25) is 11.7 Å². The molecule has 0 saturated carbocycles. The summed E-state index contributed by atoms with van der Waals surface area (Å²) in [4.78, 5) is 49.5. The summed E-state index contributed by atoms with van der Waals surface area (Å²) in [5.41, 5.74) is 0.897. The highest BCUT2D eigenvalue weighted by Crippen LogP contribution is 2.22. The molecule has 2 heterocycles. The Morgan fingerprint density at radius 1 is 0.862 bits per heavy atom. The Bertz CT molecular complexity index is 1060. The lowest BCUT2D eigenvalue weighted by atomic mass is 10.2. The van der Waals surface area contributed by atoms with Crippen molar-refractivity contribution < 1.29 is 19.2 Å². The molecule has 0 spiro atoms. The topological polar surface area (TPSA) is 104 Å². The van der Waals surface area contributed by atoms with Gasteiger partial charge in [0.1, 0.15) is 0 Å². The maximum Gasteiger partial charge on any atom is 0.313 e. The van der Waals surface area contributed by atoms with Gasteiger partial charge in [0.15, 0.2) is 0 Å². The van der Waals surface area contributed by atoms with Gasteiger partial charge in [-0.2, -0.15) is 0 Å². The number of amides is 3. The number of carbonyl (C=O) groups excluding carboxylic acids is 4. The van der Waals surface area contributed by atoms with Crippen molar-refractivity contribution in [1.29, 1.82) is 0 Å². The van der Waals surface area contributed by atoms with Gasteiger partial charge in [0.25, 0.3) is 0 Å². The monoisotopic (exact) mass is 427 g/mol. The maximum atomic E-state index is 12.3. The Kier molecular flexibility index (Phi) is 6.53. The van der Waals surface area contributed by atoms with Gasteiger partial charge in [-0.25, -0.2) is 0 Å².